The molecule has 0 aliphatic rings. The van der Waals surface area contributed by atoms with Gasteiger partial charge in [0.25, 0.3) is 0 Å². The van der Waals surface area contributed by atoms with E-state index < -0.39 is 0 Å². The van der Waals surface area contributed by atoms with Gasteiger partial charge in [-0.15, -0.1) is 0 Å². The number of hydrogen-bond acceptors (Lipinski definition) is 3. The fourth-order valence-corrected chi connectivity index (χ4v) is 9.28. The molecule has 6 nitrogen and oxygen atoms in total. The molecule has 0 unspecified atom stereocenters. The SMILES string of the molecule is N=Cc1cc(-n2c3ccc(-n4c5ccccc5c5ccccc54)cc3c3c4oc5ccccc5c4ccc32)c(C=N)cc1-n1c2ccccc2c2ccccc21. The fourth-order valence-electron chi connectivity index (χ4n) is 9.28. The van der Waals surface area contributed by atoms with Crippen LogP contribution in [0.2, 0.25) is 0 Å². The van der Waals surface area contributed by atoms with Crippen molar-refractivity contribution in [3.63, 3.8) is 0 Å². The molecule has 0 fully saturated rings. The maximum Gasteiger partial charge on any atom is 0.145 e. The zero-order valence-electron chi connectivity index (χ0n) is 30.0. The number of rotatable bonds is 5. The van der Waals surface area contributed by atoms with Crippen LogP contribution in [0.3, 0.4) is 0 Å². The first-order valence-corrected chi connectivity index (χ1v) is 18.8. The van der Waals surface area contributed by atoms with Crippen molar-refractivity contribution in [3.8, 4) is 17.1 Å². The minimum atomic E-state index is 0.738. The fraction of sp³-hybridized carbons (Fsp3) is 0. The summed E-state index contributed by atoms with van der Waals surface area (Å²) in [5.41, 5.74) is 12.3. The van der Waals surface area contributed by atoms with E-state index in [1.807, 2.05) is 12.1 Å². The molecule has 4 heterocycles. The molecule has 6 heteroatoms. The molecular weight excluding hydrogens is 687 g/mol. The van der Waals surface area contributed by atoms with Gasteiger partial charge in [-0.1, -0.05) is 91.0 Å². The Labute approximate surface area is 319 Å². The Kier molecular flexibility index (Phi) is 6.26. The number of fused-ring (bicyclic) bond motifs is 13. The molecule has 4 aromatic heterocycles. The van der Waals surface area contributed by atoms with Gasteiger partial charge < -0.3 is 28.9 Å². The molecule has 0 aliphatic heterocycles. The second-order valence-electron chi connectivity index (χ2n) is 14.5. The minimum Gasteiger partial charge on any atom is -0.455 e. The summed E-state index contributed by atoms with van der Waals surface area (Å²) in [5, 5.41) is 26.5. The lowest BCUT2D eigenvalue weighted by molar-refractivity contribution is 0.673. The molecule has 12 aromatic rings. The van der Waals surface area contributed by atoms with Crippen molar-refractivity contribution in [2.24, 2.45) is 0 Å². The number of hydrogen-bond donors (Lipinski definition) is 2. The van der Waals surface area contributed by atoms with Crippen LogP contribution in [0.5, 0.6) is 0 Å². The van der Waals surface area contributed by atoms with Crippen LogP contribution < -0.4 is 0 Å². The normalized spacial score (nSPS) is 12.1. The van der Waals surface area contributed by atoms with Gasteiger partial charge in [0.05, 0.1) is 49.9 Å². The van der Waals surface area contributed by atoms with Crippen LogP contribution in [0, 0.1) is 10.8 Å². The van der Waals surface area contributed by atoms with Gasteiger partial charge in [0.15, 0.2) is 0 Å². The van der Waals surface area contributed by atoms with E-state index in [9.17, 15) is 0 Å². The predicted octanol–water partition coefficient (Wildman–Crippen LogP) is 12.9. The number of furan rings is 1. The van der Waals surface area contributed by atoms with E-state index in [-0.39, 0.29) is 0 Å². The second-order valence-corrected chi connectivity index (χ2v) is 14.5. The standard InChI is InChI=1S/C50H31N5O/c51-28-30-26-47(31(29-52)25-46(30)54-42-18-8-3-13-35(42)36-14-4-9-19-43(36)54)55-44-23-21-32(53-40-16-6-1-11-33(40)34-12-2-7-17-41(34)53)27-39(44)49-45(55)24-22-38-37-15-5-10-20-48(37)56-50(38)49/h1-29,51-52H. The molecule has 0 radical (unpaired) electrons. The number of nitrogens with zero attached hydrogens (tertiary/aromatic N) is 3. The summed E-state index contributed by atoms with van der Waals surface area (Å²) in [4.78, 5) is 0. The average molecular weight is 718 g/mol. The quantitative estimate of drug-likeness (QED) is 0.171. The minimum absolute atomic E-state index is 0.738. The van der Waals surface area contributed by atoms with Gasteiger partial charge in [-0.2, -0.15) is 0 Å². The van der Waals surface area contributed by atoms with Crippen LogP contribution in [0.1, 0.15) is 11.1 Å². The molecule has 0 amide bonds. The third-order valence-electron chi connectivity index (χ3n) is 11.6. The molecule has 2 N–H and O–H groups in total. The smallest absolute Gasteiger partial charge is 0.145 e. The highest BCUT2D eigenvalue weighted by atomic mass is 16.3. The van der Waals surface area contributed by atoms with Crippen molar-refractivity contribution in [2.75, 3.05) is 0 Å². The van der Waals surface area contributed by atoms with Crippen molar-refractivity contribution in [1.29, 1.82) is 10.8 Å². The molecule has 12 rings (SSSR count). The van der Waals surface area contributed by atoms with E-state index >= 15 is 0 Å². The molecule has 0 saturated heterocycles. The number of aromatic nitrogens is 3. The van der Waals surface area contributed by atoms with E-state index in [0.717, 1.165) is 105 Å². The van der Waals surface area contributed by atoms with Crippen molar-refractivity contribution < 1.29 is 4.42 Å². The number of nitrogens with one attached hydrogen (secondary N) is 2. The van der Waals surface area contributed by atoms with Gasteiger partial charge in [0.2, 0.25) is 0 Å². The van der Waals surface area contributed by atoms with Gasteiger partial charge in [-0.25, -0.2) is 0 Å². The van der Waals surface area contributed by atoms with Gasteiger partial charge >= 0.3 is 0 Å². The lowest BCUT2D eigenvalue weighted by Crippen LogP contribution is -2.06. The molecule has 0 aliphatic carbocycles. The molecule has 262 valence electrons. The van der Waals surface area contributed by atoms with Gasteiger partial charge in [0, 0.05) is 66.9 Å². The molecule has 0 atom stereocenters. The summed E-state index contributed by atoms with van der Waals surface area (Å²) in [6, 6.07) is 57.3. The van der Waals surface area contributed by atoms with E-state index in [0.29, 0.717) is 0 Å². The number of benzene rings is 8. The first-order chi connectivity index (χ1) is 27.7. The molecule has 0 bridgehead atoms. The Morgan fingerprint density at radius 3 is 1.38 bits per heavy atom. The van der Waals surface area contributed by atoms with E-state index in [4.69, 9.17) is 15.2 Å². The largest absolute Gasteiger partial charge is 0.455 e. The summed E-state index contributed by atoms with van der Waals surface area (Å²) in [5.74, 6) is 0. The summed E-state index contributed by atoms with van der Waals surface area (Å²) < 4.78 is 13.6. The van der Waals surface area contributed by atoms with Gasteiger partial charge in [0.1, 0.15) is 11.2 Å². The van der Waals surface area contributed by atoms with Gasteiger partial charge in [-0.05, 0) is 72.8 Å². The van der Waals surface area contributed by atoms with Crippen molar-refractivity contribution in [1.82, 2.24) is 13.7 Å². The van der Waals surface area contributed by atoms with E-state index in [1.54, 1.807) is 0 Å². The van der Waals surface area contributed by atoms with Crippen LogP contribution in [-0.4, -0.2) is 26.1 Å². The monoisotopic (exact) mass is 717 g/mol. The predicted molar refractivity (Wildman–Crippen MR) is 233 cm³/mol. The van der Waals surface area contributed by atoms with E-state index in [1.165, 1.54) is 23.2 Å². The molecule has 0 spiro atoms. The van der Waals surface area contributed by atoms with Crippen LogP contribution in [0.4, 0.5) is 0 Å². The third kappa shape index (κ3) is 4.04. The first kappa shape index (κ1) is 30.7. The third-order valence-corrected chi connectivity index (χ3v) is 11.6. The topological polar surface area (TPSA) is 75.6 Å². The van der Waals surface area contributed by atoms with Crippen LogP contribution in [0.25, 0.3) is 104 Å². The Balaban J connectivity index is 1.19. The van der Waals surface area contributed by atoms with Crippen LogP contribution in [0.15, 0.2) is 168 Å². The zero-order chi connectivity index (χ0) is 37.1. The number of para-hydroxylation sites is 5. The van der Waals surface area contributed by atoms with Gasteiger partial charge in [-0.3, -0.25) is 0 Å². The van der Waals surface area contributed by atoms with Crippen molar-refractivity contribution in [2.45, 2.75) is 0 Å². The zero-order valence-corrected chi connectivity index (χ0v) is 30.0. The van der Waals surface area contributed by atoms with Crippen molar-refractivity contribution >= 4 is 99.8 Å². The lowest BCUT2D eigenvalue weighted by atomic mass is 10.1. The summed E-state index contributed by atoms with van der Waals surface area (Å²) >= 11 is 0. The lowest BCUT2D eigenvalue weighted by Gasteiger charge is -2.17. The van der Waals surface area contributed by atoms with Crippen molar-refractivity contribution in [3.05, 3.63) is 175 Å². The molecule has 8 aromatic carbocycles. The highest BCUT2D eigenvalue weighted by Gasteiger charge is 2.23. The second kappa shape index (κ2) is 11.4. The highest BCUT2D eigenvalue weighted by molar-refractivity contribution is 6.24. The Morgan fingerprint density at radius 1 is 0.375 bits per heavy atom. The summed E-state index contributed by atoms with van der Waals surface area (Å²) in [6.45, 7) is 0. The Hall–Kier alpha value is -7.70. The van der Waals surface area contributed by atoms with Crippen LogP contribution in [-0.2, 0) is 0 Å². The first-order valence-electron chi connectivity index (χ1n) is 18.8. The highest BCUT2D eigenvalue weighted by Crippen LogP contribution is 2.43. The molecular formula is C50H31N5O. The summed E-state index contributed by atoms with van der Waals surface area (Å²) in [7, 11) is 0. The Morgan fingerprint density at radius 2 is 0.821 bits per heavy atom. The van der Waals surface area contributed by atoms with E-state index in [2.05, 4.69) is 165 Å². The Bertz CT molecular complexity index is 3540. The maximum absolute atomic E-state index is 8.84. The molecule has 0 saturated carbocycles. The maximum atomic E-state index is 8.84. The van der Waals surface area contributed by atoms with Crippen LogP contribution >= 0.6 is 0 Å². The summed E-state index contributed by atoms with van der Waals surface area (Å²) in [6.07, 6.45) is 2.87. The average Bonchev–Trinajstić information content (AvgIpc) is 3.99. The molecule has 56 heavy (non-hydrogen) atoms.